The van der Waals surface area contributed by atoms with Crippen LogP contribution in [0.5, 0.6) is 11.5 Å². The number of hydrogen-bond donors (Lipinski definition) is 1. The third-order valence-electron chi connectivity index (χ3n) is 4.07. The Morgan fingerprint density at radius 3 is 2.70 bits per heavy atom. The van der Waals surface area contributed by atoms with Crippen LogP contribution in [-0.2, 0) is 9.59 Å². The van der Waals surface area contributed by atoms with Gasteiger partial charge >= 0.3 is 0 Å². The highest BCUT2D eigenvalue weighted by Gasteiger charge is 2.36. The van der Waals surface area contributed by atoms with E-state index in [0.717, 1.165) is 22.7 Å². The summed E-state index contributed by atoms with van der Waals surface area (Å²) in [6, 6.07) is 10.5. The molecule has 0 bridgehead atoms. The van der Waals surface area contributed by atoms with Gasteiger partial charge < -0.3 is 14.8 Å². The summed E-state index contributed by atoms with van der Waals surface area (Å²) in [5.74, 6) is -0.620. The fourth-order valence-electron chi connectivity index (χ4n) is 2.75. The topological polar surface area (TPSA) is 84.9 Å². The predicted octanol–water partition coefficient (Wildman–Crippen LogP) is 3.91. The van der Waals surface area contributed by atoms with Crippen molar-refractivity contribution in [3.8, 4) is 11.5 Å². The Balaban J connectivity index is 1.71. The lowest BCUT2D eigenvalue weighted by Crippen LogP contribution is -2.36. The lowest BCUT2D eigenvalue weighted by Gasteiger charge is -2.12. The van der Waals surface area contributed by atoms with Crippen molar-refractivity contribution < 1.29 is 28.2 Å². The molecule has 3 rings (SSSR count). The van der Waals surface area contributed by atoms with Crippen molar-refractivity contribution in [2.75, 3.05) is 25.6 Å². The molecule has 156 valence electrons. The third kappa shape index (κ3) is 4.98. The molecule has 0 unspecified atom stereocenters. The van der Waals surface area contributed by atoms with E-state index in [4.69, 9.17) is 9.47 Å². The second-order valence-electron chi connectivity index (χ2n) is 6.17. The highest BCUT2D eigenvalue weighted by Crippen LogP contribution is 2.34. The zero-order chi connectivity index (χ0) is 21.7. The first kappa shape index (κ1) is 21.4. The van der Waals surface area contributed by atoms with Gasteiger partial charge in [-0.2, -0.15) is 0 Å². The summed E-state index contributed by atoms with van der Waals surface area (Å²) in [6.07, 6.45) is 1.55. The molecule has 7 nitrogen and oxygen atoms in total. The van der Waals surface area contributed by atoms with Gasteiger partial charge in [0.05, 0.1) is 18.6 Å². The molecule has 30 heavy (non-hydrogen) atoms. The van der Waals surface area contributed by atoms with Gasteiger partial charge in [-0.3, -0.25) is 19.3 Å². The number of nitrogens with zero attached hydrogens (tertiary/aromatic N) is 1. The van der Waals surface area contributed by atoms with E-state index in [1.54, 1.807) is 24.3 Å². The Morgan fingerprint density at radius 2 is 2.00 bits per heavy atom. The van der Waals surface area contributed by atoms with Crippen LogP contribution in [0.4, 0.5) is 14.9 Å². The number of benzene rings is 2. The molecule has 0 atom stereocenters. The van der Waals surface area contributed by atoms with E-state index in [1.165, 1.54) is 25.3 Å². The van der Waals surface area contributed by atoms with Crippen molar-refractivity contribution in [1.82, 2.24) is 4.90 Å². The number of ether oxygens (including phenoxy) is 2. The van der Waals surface area contributed by atoms with Crippen LogP contribution < -0.4 is 14.8 Å². The highest BCUT2D eigenvalue weighted by molar-refractivity contribution is 8.18. The first-order valence-electron chi connectivity index (χ1n) is 9.03. The number of imide groups is 1. The summed E-state index contributed by atoms with van der Waals surface area (Å²) in [4.78, 5) is 38.0. The molecule has 9 heteroatoms. The molecular formula is C21H19FN2O5S. The molecule has 1 N–H and O–H groups in total. The van der Waals surface area contributed by atoms with Crippen LogP contribution in [0.3, 0.4) is 0 Å². The maximum absolute atomic E-state index is 13.2. The number of rotatable bonds is 7. The SMILES string of the molecule is CCOc1ccc(/C=C2/SC(=O)N(CC(=O)Nc3cccc(F)c3)C2=O)cc1OC. The molecule has 1 saturated heterocycles. The number of hydrogen-bond acceptors (Lipinski definition) is 6. The largest absolute Gasteiger partial charge is 0.493 e. The third-order valence-corrected chi connectivity index (χ3v) is 4.98. The van der Waals surface area contributed by atoms with Crippen LogP contribution in [0.25, 0.3) is 6.08 Å². The molecule has 0 aromatic heterocycles. The van der Waals surface area contributed by atoms with E-state index < -0.39 is 29.4 Å². The van der Waals surface area contributed by atoms with Gasteiger partial charge in [-0.05, 0) is 60.7 Å². The van der Waals surface area contributed by atoms with Crippen LogP contribution in [0.1, 0.15) is 12.5 Å². The summed E-state index contributed by atoms with van der Waals surface area (Å²) in [7, 11) is 1.51. The number of carbonyl (C=O) groups is 3. The van der Waals surface area contributed by atoms with Crippen molar-refractivity contribution in [3.05, 3.63) is 58.8 Å². The van der Waals surface area contributed by atoms with E-state index >= 15 is 0 Å². The fourth-order valence-corrected chi connectivity index (χ4v) is 3.59. The van der Waals surface area contributed by atoms with Gasteiger partial charge in [0.25, 0.3) is 11.1 Å². The molecule has 3 amide bonds. The molecule has 2 aromatic carbocycles. The Bertz CT molecular complexity index is 1020. The Morgan fingerprint density at radius 1 is 1.20 bits per heavy atom. The first-order valence-corrected chi connectivity index (χ1v) is 9.84. The zero-order valence-electron chi connectivity index (χ0n) is 16.3. The molecule has 0 radical (unpaired) electrons. The minimum atomic E-state index is -0.605. The maximum atomic E-state index is 13.2. The summed E-state index contributed by atoms with van der Waals surface area (Å²) in [6.45, 7) is 1.87. The number of thioether (sulfide) groups is 1. The van der Waals surface area contributed by atoms with Crippen molar-refractivity contribution >= 4 is 40.6 Å². The van der Waals surface area contributed by atoms with E-state index in [1.807, 2.05) is 6.92 Å². The molecule has 1 heterocycles. The molecule has 2 aromatic rings. The second-order valence-corrected chi connectivity index (χ2v) is 7.16. The molecule has 0 aliphatic carbocycles. The van der Waals surface area contributed by atoms with Crippen LogP contribution in [-0.4, -0.2) is 42.2 Å². The van der Waals surface area contributed by atoms with Crippen LogP contribution in [0, 0.1) is 5.82 Å². The molecule has 1 aliphatic heterocycles. The van der Waals surface area contributed by atoms with Crippen LogP contribution >= 0.6 is 11.8 Å². The quantitative estimate of drug-likeness (QED) is 0.671. The van der Waals surface area contributed by atoms with E-state index in [9.17, 15) is 18.8 Å². The summed E-state index contributed by atoms with van der Waals surface area (Å²) in [5.41, 5.74) is 0.883. The smallest absolute Gasteiger partial charge is 0.294 e. The minimum absolute atomic E-state index is 0.185. The molecular weight excluding hydrogens is 411 g/mol. The average Bonchev–Trinajstić information content (AvgIpc) is 2.96. The molecule has 0 spiro atoms. The number of methoxy groups -OCH3 is 1. The fraction of sp³-hybridized carbons (Fsp3) is 0.190. The van der Waals surface area contributed by atoms with Crippen LogP contribution in [0.15, 0.2) is 47.4 Å². The van der Waals surface area contributed by atoms with Crippen molar-refractivity contribution in [2.24, 2.45) is 0 Å². The average molecular weight is 430 g/mol. The predicted molar refractivity (Wildman–Crippen MR) is 112 cm³/mol. The number of anilines is 1. The molecule has 1 aliphatic rings. The summed E-state index contributed by atoms with van der Waals surface area (Å²) in [5, 5.41) is 1.91. The van der Waals surface area contributed by atoms with Crippen molar-refractivity contribution in [3.63, 3.8) is 0 Å². The van der Waals surface area contributed by atoms with E-state index in [2.05, 4.69) is 5.32 Å². The number of nitrogens with one attached hydrogen (secondary N) is 1. The van der Waals surface area contributed by atoms with E-state index in [0.29, 0.717) is 23.7 Å². The normalized spacial score (nSPS) is 14.9. The highest BCUT2D eigenvalue weighted by atomic mass is 32.2. The van der Waals surface area contributed by atoms with Gasteiger partial charge in [0, 0.05) is 5.69 Å². The molecule has 1 fully saturated rings. The number of halogens is 1. The minimum Gasteiger partial charge on any atom is -0.493 e. The maximum Gasteiger partial charge on any atom is 0.294 e. The second kappa shape index (κ2) is 9.45. The van der Waals surface area contributed by atoms with Crippen LogP contribution in [0.2, 0.25) is 0 Å². The van der Waals surface area contributed by atoms with Gasteiger partial charge in [0.2, 0.25) is 5.91 Å². The van der Waals surface area contributed by atoms with Gasteiger partial charge in [-0.1, -0.05) is 12.1 Å². The standard InChI is InChI=1S/C21H19FN2O5S/c1-3-29-16-8-7-13(9-17(16)28-2)10-18-20(26)24(21(27)30-18)12-19(25)23-15-6-4-5-14(22)11-15/h4-11H,3,12H2,1-2H3,(H,23,25)/b18-10+. The lowest BCUT2D eigenvalue weighted by atomic mass is 10.2. The number of amides is 3. The summed E-state index contributed by atoms with van der Waals surface area (Å²) >= 11 is 0.742. The van der Waals surface area contributed by atoms with Crippen molar-refractivity contribution in [2.45, 2.75) is 6.92 Å². The summed E-state index contributed by atoms with van der Waals surface area (Å²) < 4.78 is 24.0. The Labute approximate surface area is 176 Å². The van der Waals surface area contributed by atoms with Gasteiger partial charge in [-0.15, -0.1) is 0 Å². The van der Waals surface area contributed by atoms with E-state index in [-0.39, 0.29) is 10.6 Å². The Kier molecular flexibility index (Phi) is 6.73. The molecule has 0 saturated carbocycles. The van der Waals surface area contributed by atoms with Gasteiger partial charge in [0.15, 0.2) is 11.5 Å². The monoisotopic (exact) mass is 430 g/mol. The first-order chi connectivity index (χ1) is 14.4. The zero-order valence-corrected chi connectivity index (χ0v) is 17.1. The Hall–Kier alpha value is -3.33. The lowest BCUT2D eigenvalue weighted by molar-refractivity contribution is -0.127. The van der Waals surface area contributed by atoms with Gasteiger partial charge in [-0.25, -0.2) is 4.39 Å². The van der Waals surface area contributed by atoms with Gasteiger partial charge in [0.1, 0.15) is 12.4 Å². The number of carbonyl (C=O) groups excluding carboxylic acids is 3. The van der Waals surface area contributed by atoms with Crippen molar-refractivity contribution in [1.29, 1.82) is 0 Å².